The standard InChI is InChI=1S/C14H29N3O2/c1-13(2,3)19-12(18)17-8-6-7-16(9-10-17)11-14(4,5)15/h6-11,15H2,1-5H3. The fourth-order valence-corrected chi connectivity index (χ4v) is 2.21. The van der Waals surface area contributed by atoms with E-state index in [1.54, 1.807) is 4.90 Å². The fraction of sp³-hybridized carbons (Fsp3) is 0.929. The van der Waals surface area contributed by atoms with Gasteiger partial charge in [-0.15, -0.1) is 0 Å². The first-order chi connectivity index (χ1) is 8.57. The molecule has 1 fully saturated rings. The second-order valence-electron chi connectivity index (χ2n) is 7.09. The highest BCUT2D eigenvalue weighted by molar-refractivity contribution is 5.68. The molecule has 0 bridgehead atoms. The van der Waals surface area contributed by atoms with Crippen molar-refractivity contribution in [2.75, 3.05) is 32.7 Å². The van der Waals surface area contributed by atoms with Gasteiger partial charge in [-0.2, -0.15) is 0 Å². The zero-order chi connectivity index (χ0) is 14.7. The number of carbonyl (C=O) groups excluding carboxylic acids is 1. The molecule has 5 nitrogen and oxygen atoms in total. The summed E-state index contributed by atoms with van der Waals surface area (Å²) >= 11 is 0. The Hall–Kier alpha value is -0.810. The lowest BCUT2D eigenvalue weighted by Gasteiger charge is -2.29. The molecule has 0 spiro atoms. The van der Waals surface area contributed by atoms with Crippen molar-refractivity contribution >= 4 is 6.09 Å². The van der Waals surface area contributed by atoms with E-state index in [-0.39, 0.29) is 11.6 Å². The molecule has 1 rings (SSSR count). The lowest BCUT2D eigenvalue weighted by atomic mass is 10.1. The molecule has 112 valence electrons. The minimum absolute atomic E-state index is 0.193. The maximum absolute atomic E-state index is 12.0. The molecule has 1 aliphatic rings. The van der Waals surface area contributed by atoms with Crippen LogP contribution in [0.4, 0.5) is 4.79 Å². The lowest BCUT2D eigenvalue weighted by molar-refractivity contribution is 0.0257. The van der Waals surface area contributed by atoms with E-state index in [4.69, 9.17) is 10.5 Å². The summed E-state index contributed by atoms with van der Waals surface area (Å²) in [5, 5.41) is 0. The van der Waals surface area contributed by atoms with Gasteiger partial charge < -0.3 is 15.4 Å². The Morgan fingerprint density at radius 3 is 2.26 bits per heavy atom. The summed E-state index contributed by atoms with van der Waals surface area (Å²) < 4.78 is 5.41. The minimum Gasteiger partial charge on any atom is -0.444 e. The Morgan fingerprint density at radius 2 is 1.74 bits per heavy atom. The van der Waals surface area contributed by atoms with Crippen LogP contribution in [-0.2, 0) is 4.74 Å². The summed E-state index contributed by atoms with van der Waals surface area (Å²) in [4.78, 5) is 16.1. The van der Waals surface area contributed by atoms with Crippen molar-refractivity contribution in [2.24, 2.45) is 5.73 Å². The van der Waals surface area contributed by atoms with Crippen LogP contribution in [0.2, 0.25) is 0 Å². The molecule has 1 aliphatic heterocycles. The molecule has 0 atom stereocenters. The largest absolute Gasteiger partial charge is 0.444 e. The van der Waals surface area contributed by atoms with Crippen LogP contribution in [0.1, 0.15) is 41.0 Å². The number of rotatable bonds is 2. The van der Waals surface area contributed by atoms with Crippen LogP contribution >= 0.6 is 0 Å². The molecule has 0 saturated carbocycles. The molecule has 0 radical (unpaired) electrons. The highest BCUT2D eigenvalue weighted by Gasteiger charge is 2.25. The van der Waals surface area contributed by atoms with Gasteiger partial charge in [0.25, 0.3) is 0 Å². The molecular formula is C14H29N3O2. The van der Waals surface area contributed by atoms with Gasteiger partial charge >= 0.3 is 6.09 Å². The number of hydrogen-bond donors (Lipinski definition) is 1. The molecule has 1 saturated heterocycles. The Bertz CT molecular complexity index is 305. The highest BCUT2D eigenvalue weighted by atomic mass is 16.6. The average molecular weight is 271 g/mol. The van der Waals surface area contributed by atoms with E-state index < -0.39 is 5.60 Å². The second kappa shape index (κ2) is 6.09. The van der Waals surface area contributed by atoms with E-state index in [0.717, 1.165) is 32.6 Å². The molecule has 5 heteroatoms. The third-order valence-corrected chi connectivity index (χ3v) is 2.87. The Kier molecular flexibility index (Phi) is 5.21. The van der Waals surface area contributed by atoms with Crippen molar-refractivity contribution in [3.05, 3.63) is 0 Å². The van der Waals surface area contributed by atoms with Crippen LogP contribution in [0, 0.1) is 0 Å². The van der Waals surface area contributed by atoms with E-state index >= 15 is 0 Å². The van der Waals surface area contributed by atoms with Crippen molar-refractivity contribution in [1.82, 2.24) is 9.80 Å². The van der Waals surface area contributed by atoms with Gasteiger partial charge in [-0.1, -0.05) is 0 Å². The topological polar surface area (TPSA) is 58.8 Å². The number of ether oxygens (including phenoxy) is 1. The van der Waals surface area contributed by atoms with Crippen molar-refractivity contribution in [2.45, 2.75) is 52.2 Å². The first kappa shape index (κ1) is 16.2. The van der Waals surface area contributed by atoms with Crippen LogP contribution in [0.25, 0.3) is 0 Å². The molecule has 0 aromatic carbocycles. The Labute approximate surface area is 117 Å². The third kappa shape index (κ3) is 6.78. The fourth-order valence-electron chi connectivity index (χ4n) is 2.21. The Balaban J connectivity index is 2.48. The zero-order valence-corrected chi connectivity index (χ0v) is 13.0. The van der Waals surface area contributed by atoms with Crippen LogP contribution in [-0.4, -0.2) is 59.8 Å². The Morgan fingerprint density at radius 1 is 1.11 bits per heavy atom. The molecule has 1 amide bonds. The molecule has 0 aliphatic carbocycles. The van der Waals surface area contributed by atoms with Gasteiger partial charge in [-0.25, -0.2) is 4.79 Å². The van der Waals surface area contributed by atoms with Crippen LogP contribution in [0.5, 0.6) is 0 Å². The van der Waals surface area contributed by atoms with Gasteiger partial charge in [0.05, 0.1) is 0 Å². The summed E-state index contributed by atoms with van der Waals surface area (Å²) in [6, 6.07) is 0. The number of carbonyl (C=O) groups is 1. The maximum Gasteiger partial charge on any atom is 0.410 e. The van der Waals surface area contributed by atoms with E-state index in [1.807, 2.05) is 34.6 Å². The summed E-state index contributed by atoms with van der Waals surface area (Å²) in [5.74, 6) is 0. The normalized spacial score (nSPS) is 19.2. The van der Waals surface area contributed by atoms with Crippen molar-refractivity contribution in [1.29, 1.82) is 0 Å². The van der Waals surface area contributed by atoms with Crippen molar-refractivity contribution in [3.8, 4) is 0 Å². The van der Waals surface area contributed by atoms with Gasteiger partial charge in [-0.05, 0) is 47.6 Å². The van der Waals surface area contributed by atoms with Gasteiger partial charge in [-0.3, -0.25) is 4.90 Å². The number of amides is 1. The van der Waals surface area contributed by atoms with E-state index in [0.29, 0.717) is 6.54 Å². The van der Waals surface area contributed by atoms with E-state index in [9.17, 15) is 4.79 Å². The van der Waals surface area contributed by atoms with Crippen LogP contribution < -0.4 is 5.73 Å². The number of hydrogen-bond acceptors (Lipinski definition) is 4. The smallest absolute Gasteiger partial charge is 0.410 e. The lowest BCUT2D eigenvalue weighted by Crippen LogP contribution is -2.46. The van der Waals surface area contributed by atoms with Gasteiger partial charge in [0.1, 0.15) is 5.60 Å². The van der Waals surface area contributed by atoms with E-state index in [2.05, 4.69) is 4.90 Å². The highest BCUT2D eigenvalue weighted by Crippen LogP contribution is 2.13. The van der Waals surface area contributed by atoms with Crippen LogP contribution in [0.3, 0.4) is 0 Å². The first-order valence-electron chi connectivity index (χ1n) is 7.06. The predicted molar refractivity (Wildman–Crippen MR) is 77.1 cm³/mol. The number of nitrogens with zero attached hydrogens (tertiary/aromatic N) is 2. The molecule has 0 unspecified atom stereocenters. The SMILES string of the molecule is CC(C)(N)CN1CCCN(C(=O)OC(C)(C)C)CC1. The average Bonchev–Trinajstić information content (AvgIpc) is 2.38. The van der Waals surface area contributed by atoms with E-state index in [1.165, 1.54) is 0 Å². The van der Waals surface area contributed by atoms with Crippen molar-refractivity contribution < 1.29 is 9.53 Å². The van der Waals surface area contributed by atoms with Crippen molar-refractivity contribution in [3.63, 3.8) is 0 Å². The molecule has 0 aromatic heterocycles. The minimum atomic E-state index is -0.428. The van der Waals surface area contributed by atoms with Gasteiger partial charge in [0.2, 0.25) is 0 Å². The summed E-state index contributed by atoms with van der Waals surface area (Å²) in [5.41, 5.74) is 5.43. The van der Waals surface area contributed by atoms with Crippen LogP contribution in [0.15, 0.2) is 0 Å². The summed E-state index contributed by atoms with van der Waals surface area (Å²) in [6.07, 6.45) is 0.761. The maximum atomic E-state index is 12.0. The number of nitrogens with two attached hydrogens (primary N) is 1. The monoisotopic (exact) mass is 271 g/mol. The summed E-state index contributed by atoms with van der Waals surface area (Å²) in [6.45, 7) is 13.9. The zero-order valence-electron chi connectivity index (χ0n) is 13.0. The predicted octanol–water partition coefficient (Wildman–Crippen LogP) is 1.67. The molecule has 1 heterocycles. The second-order valence-corrected chi connectivity index (χ2v) is 7.09. The first-order valence-corrected chi connectivity index (χ1v) is 7.06. The molecule has 19 heavy (non-hydrogen) atoms. The van der Waals surface area contributed by atoms with Gasteiger partial charge in [0.15, 0.2) is 0 Å². The molecule has 2 N–H and O–H groups in total. The molecular weight excluding hydrogens is 242 g/mol. The summed E-state index contributed by atoms with van der Waals surface area (Å²) in [7, 11) is 0. The third-order valence-electron chi connectivity index (χ3n) is 2.87. The molecule has 0 aromatic rings. The quantitative estimate of drug-likeness (QED) is 0.830. The van der Waals surface area contributed by atoms with Gasteiger partial charge in [0, 0.05) is 31.7 Å².